The highest BCUT2D eigenvalue weighted by Crippen LogP contribution is 2.68. The van der Waals surface area contributed by atoms with E-state index in [9.17, 15) is 15.0 Å². The van der Waals surface area contributed by atoms with E-state index in [4.69, 9.17) is 0 Å². The first-order valence-electron chi connectivity index (χ1n) is 12.6. The Balaban J connectivity index is 1.49. The topological polar surface area (TPSA) is 60.8 Å². The van der Waals surface area contributed by atoms with E-state index in [1.54, 1.807) is 4.90 Å². The maximum absolute atomic E-state index is 12.1. The first-order valence-corrected chi connectivity index (χ1v) is 12.6. The third-order valence-electron chi connectivity index (χ3n) is 10.8. The van der Waals surface area contributed by atoms with Gasteiger partial charge in [-0.1, -0.05) is 20.8 Å². The molecule has 172 valence electrons. The van der Waals surface area contributed by atoms with Crippen molar-refractivity contribution >= 4 is 5.91 Å². The third-order valence-corrected chi connectivity index (χ3v) is 10.8. The summed E-state index contributed by atoms with van der Waals surface area (Å²) in [5.41, 5.74) is 0.384. The van der Waals surface area contributed by atoms with Gasteiger partial charge in [-0.3, -0.25) is 4.79 Å². The van der Waals surface area contributed by atoms with Gasteiger partial charge in [-0.05, 0) is 104 Å². The summed E-state index contributed by atoms with van der Waals surface area (Å²) in [5, 5.41) is 21.3. The Morgan fingerprint density at radius 2 is 1.77 bits per heavy atom. The highest BCUT2D eigenvalue weighted by molar-refractivity contribution is 5.75. The molecule has 4 fully saturated rings. The van der Waals surface area contributed by atoms with Crippen molar-refractivity contribution in [2.24, 2.45) is 46.3 Å². The lowest BCUT2D eigenvalue weighted by Crippen LogP contribution is -2.59. The van der Waals surface area contributed by atoms with Crippen molar-refractivity contribution in [1.29, 1.82) is 0 Å². The minimum absolute atomic E-state index is 0.00862. The minimum atomic E-state index is -0.350. The average Bonchev–Trinajstić information content (AvgIpc) is 3.04. The van der Waals surface area contributed by atoms with Crippen LogP contribution in [0.5, 0.6) is 0 Å². The largest absolute Gasteiger partial charge is 0.393 e. The van der Waals surface area contributed by atoms with Crippen molar-refractivity contribution in [2.75, 3.05) is 14.1 Å². The third kappa shape index (κ3) is 3.45. The van der Waals surface area contributed by atoms with E-state index in [0.29, 0.717) is 36.0 Å². The van der Waals surface area contributed by atoms with Crippen LogP contribution in [0.15, 0.2) is 0 Å². The molecule has 2 N–H and O–H groups in total. The normalized spacial score (nSPS) is 49.0. The smallest absolute Gasteiger partial charge is 0.222 e. The van der Waals surface area contributed by atoms with Gasteiger partial charge in [0.05, 0.1) is 12.2 Å². The average molecular weight is 420 g/mol. The van der Waals surface area contributed by atoms with E-state index < -0.39 is 0 Å². The molecule has 0 radical (unpaired) electrons. The fourth-order valence-electron chi connectivity index (χ4n) is 9.05. The van der Waals surface area contributed by atoms with Crippen molar-refractivity contribution in [1.82, 2.24) is 4.90 Å². The van der Waals surface area contributed by atoms with Crippen LogP contribution in [0.2, 0.25) is 0 Å². The lowest BCUT2D eigenvalue weighted by atomic mass is 9.43. The summed E-state index contributed by atoms with van der Waals surface area (Å²) in [4.78, 5) is 13.8. The molecule has 0 saturated heterocycles. The molecular formula is C26H45NO3. The van der Waals surface area contributed by atoms with Gasteiger partial charge in [-0.15, -0.1) is 0 Å². The number of amides is 1. The van der Waals surface area contributed by atoms with Crippen molar-refractivity contribution < 1.29 is 15.0 Å². The van der Waals surface area contributed by atoms with Crippen molar-refractivity contribution in [3.05, 3.63) is 0 Å². The predicted octanol–water partition coefficient (Wildman–Crippen LogP) is 4.48. The van der Waals surface area contributed by atoms with E-state index in [-0.39, 0.29) is 23.5 Å². The number of carbonyl (C=O) groups excluding carboxylic acids is 1. The van der Waals surface area contributed by atoms with Gasteiger partial charge >= 0.3 is 0 Å². The highest BCUT2D eigenvalue weighted by Gasteiger charge is 2.62. The predicted molar refractivity (Wildman–Crippen MR) is 120 cm³/mol. The van der Waals surface area contributed by atoms with Gasteiger partial charge < -0.3 is 15.1 Å². The van der Waals surface area contributed by atoms with E-state index >= 15 is 0 Å². The van der Waals surface area contributed by atoms with Gasteiger partial charge in [-0.2, -0.15) is 0 Å². The van der Waals surface area contributed by atoms with Crippen LogP contribution < -0.4 is 0 Å². The molecule has 0 spiro atoms. The number of aliphatic hydroxyl groups excluding tert-OH is 2. The Bertz CT molecular complexity index is 650. The second kappa shape index (κ2) is 8.06. The first kappa shape index (κ1) is 22.6. The fourth-order valence-corrected chi connectivity index (χ4v) is 9.05. The lowest BCUT2D eigenvalue weighted by molar-refractivity contribution is -0.182. The number of hydrogen-bond donors (Lipinski definition) is 2. The zero-order valence-corrected chi connectivity index (χ0v) is 19.9. The summed E-state index contributed by atoms with van der Waals surface area (Å²) >= 11 is 0. The highest BCUT2D eigenvalue weighted by atomic mass is 16.3. The molecule has 0 aromatic rings. The molecule has 4 aliphatic rings. The van der Waals surface area contributed by atoms with Gasteiger partial charge in [0.2, 0.25) is 5.91 Å². The van der Waals surface area contributed by atoms with Crippen LogP contribution in [-0.4, -0.2) is 47.3 Å². The molecule has 0 heterocycles. The lowest BCUT2D eigenvalue weighted by Gasteiger charge is -2.62. The van der Waals surface area contributed by atoms with Gasteiger partial charge in [-0.25, -0.2) is 0 Å². The van der Waals surface area contributed by atoms with Crippen LogP contribution in [0.3, 0.4) is 0 Å². The molecule has 4 nitrogen and oxygen atoms in total. The van der Waals surface area contributed by atoms with Gasteiger partial charge in [0, 0.05) is 20.5 Å². The molecule has 0 aliphatic heterocycles. The van der Waals surface area contributed by atoms with Gasteiger partial charge in [0.1, 0.15) is 0 Å². The molecule has 0 bridgehead atoms. The maximum atomic E-state index is 12.1. The molecule has 0 aromatic heterocycles. The maximum Gasteiger partial charge on any atom is 0.222 e. The van der Waals surface area contributed by atoms with Crippen molar-refractivity contribution in [2.45, 2.75) is 97.2 Å². The Hall–Kier alpha value is -0.610. The first-order chi connectivity index (χ1) is 14.1. The SMILES string of the molecule is C[C@H](CCC(=O)N(C)C)[C@H]1CC[C@H]2[C@@H]3CC[C@H]4C[C@@H](O)C[C@H](O)[C@]4(C)[C@H]3CC[C@]12C. The number of fused-ring (bicyclic) bond motifs is 5. The summed E-state index contributed by atoms with van der Waals surface area (Å²) in [6.45, 7) is 7.30. The summed E-state index contributed by atoms with van der Waals surface area (Å²) in [5.74, 6) is 4.17. The van der Waals surface area contributed by atoms with Crippen LogP contribution in [-0.2, 0) is 4.79 Å². The number of nitrogens with zero attached hydrogens (tertiary/aromatic N) is 1. The number of aliphatic hydroxyl groups is 2. The van der Waals surface area contributed by atoms with E-state index in [0.717, 1.165) is 30.6 Å². The van der Waals surface area contributed by atoms with Crippen LogP contribution >= 0.6 is 0 Å². The molecular weight excluding hydrogens is 374 g/mol. The molecule has 30 heavy (non-hydrogen) atoms. The Morgan fingerprint density at radius 3 is 2.47 bits per heavy atom. The second-order valence-corrected chi connectivity index (χ2v) is 12.2. The molecule has 0 aromatic carbocycles. The Kier molecular flexibility index (Phi) is 6.07. The van der Waals surface area contributed by atoms with Crippen LogP contribution in [0.1, 0.15) is 85.0 Å². The van der Waals surface area contributed by atoms with Crippen molar-refractivity contribution in [3.63, 3.8) is 0 Å². The van der Waals surface area contributed by atoms with E-state index in [2.05, 4.69) is 20.8 Å². The van der Waals surface area contributed by atoms with Gasteiger partial charge in [0.15, 0.2) is 0 Å². The number of carbonyl (C=O) groups is 1. The molecule has 0 unspecified atom stereocenters. The summed E-state index contributed by atoms with van der Waals surface area (Å²) in [7, 11) is 3.72. The molecule has 4 saturated carbocycles. The van der Waals surface area contributed by atoms with Crippen LogP contribution in [0.4, 0.5) is 0 Å². The monoisotopic (exact) mass is 419 g/mol. The summed E-state index contributed by atoms with van der Waals surface area (Å²) in [6.07, 6.45) is 10.1. The van der Waals surface area contributed by atoms with Crippen LogP contribution in [0.25, 0.3) is 0 Å². The Labute approximate surface area is 183 Å². The fraction of sp³-hybridized carbons (Fsp3) is 0.962. The Morgan fingerprint density at radius 1 is 1.03 bits per heavy atom. The number of rotatable bonds is 4. The van der Waals surface area contributed by atoms with E-state index in [1.807, 2.05) is 14.1 Å². The van der Waals surface area contributed by atoms with E-state index in [1.165, 1.54) is 38.5 Å². The number of hydrogen-bond acceptors (Lipinski definition) is 3. The quantitative estimate of drug-likeness (QED) is 0.706. The summed E-state index contributed by atoms with van der Waals surface area (Å²) in [6, 6.07) is 0. The summed E-state index contributed by atoms with van der Waals surface area (Å²) < 4.78 is 0. The molecule has 4 heteroatoms. The van der Waals surface area contributed by atoms with Crippen molar-refractivity contribution in [3.8, 4) is 0 Å². The zero-order valence-electron chi connectivity index (χ0n) is 19.9. The molecule has 4 rings (SSSR count). The second-order valence-electron chi connectivity index (χ2n) is 12.2. The zero-order chi connectivity index (χ0) is 21.8. The molecule has 10 atom stereocenters. The minimum Gasteiger partial charge on any atom is -0.393 e. The molecule has 1 amide bonds. The van der Waals surface area contributed by atoms with Gasteiger partial charge in [0.25, 0.3) is 0 Å². The van der Waals surface area contributed by atoms with Crippen LogP contribution in [0, 0.1) is 46.3 Å². The molecule has 4 aliphatic carbocycles. The standard InChI is InChI=1S/C26H45NO3/c1-16(6-11-24(30)27(4)5)20-9-10-21-19-8-7-17-14-18(28)15-23(29)26(17,3)22(19)12-13-25(20,21)2/h16-23,28-29H,6-15H2,1-5H3/t16-,17+,18-,19+,20-,21+,22+,23+,25-,26+/m1/s1.